The van der Waals surface area contributed by atoms with Gasteiger partial charge in [0.1, 0.15) is 0 Å². The van der Waals surface area contributed by atoms with E-state index in [-0.39, 0.29) is 12.5 Å². The number of carbonyl (C=O) groups excluding carboxylic acids is 1. The van der Waals surface area contributed by atoms with Crippen molar-refractivity contribution in [1.82, 2.24) is 10.2 Å². The van der Waals surface area contributed by atoms with Crippen molar-refractivity contribution in [1.29, 1.82) is 0 Å². The molecule has 0 saturated carbocycles. The number of hydrogen-bond donors (Lipinski definition) is 2. The van der Waals surface area contributed by atoms with Gasteiger partial charge < -0.3 is 10.4 Å². The van der Waals surface area contributed by atoms with E-state index in [0.717, 1.165) is 19.5 Å². The fourth-order valence-electron chi connectivity index (χ4n) is 1.25. The van der Waals surface area contributed by atoms with Gasteiger partial charge in [0.25, 0.3) is 0 Å². The number of rotatable bonds is 8. The zero-order valence-electron chi connectivity index (χ0n) is 10.1. The van der Waals surface area contributed by atoms with Gasteiger partial charge in [0, 0.05) is 13.1 Å². The summed E-state index contributed by atoms with van der Waals surface area (Å²) in [4.78, 5) is 13.4. The summed E-state index contributed by atoms with van der Waals surface area (Å²) in [6, 6.07) is 0. The van der Waals surface area contributed by atoms with Crippen LogP contribution in [0.2, 0.25) is 0 Å². The van der Waals surface area contributed by atoms with Crippen LogP contribution in [0.5, 0.6) is 0 Å². The lowest BCUT2D eigenvalue weighted by Gasteiger charge is -2.18. The van der Waals surface area contributed by atoms with E-state index < -0.39 is 0 Å². The molecule has 90 valence electrons. The van der Waals surface area contributed by atoms with E-state index in [1.807, 2.05) is 11.8 Å². The Bertz CT molecular complexity index is 172. The molecule has 0 aromatic carbocycles. The molecule has 0 aromatic rings. The van der Waals surface area contributed by atoms with Gasteiger partial charge in [-0.2, -0.15) is 0 Å². The molecule has 0 radical (unpaired) electrons. The van der Waals surface area contributed by atoms with Crippen LogP contribution in [0.4, 0.5) is 0 Å². The zero-order chi connectivity index (χ0) is 11.7. The molecule has 4 heteroatoms. The van der Waals surface area contributed by atoms with Crippen LogP contribution in [0.3, 0.4) is 0 Å². The fraction of sp³-hybridized carbons (Fsp3) is 0.909. The van der Waals surface area contributed by atoms with Crippen molar-refractivity contribution in [3.8, 4) is 0 Å². The quantitative estimate of drug-likeness (QED) is 0.620. The van der Waals surface area contributed by atoms with Crippen LogP contribution >= 0.6 is 0 Å². The molecule has 0 aliphatic carbocycles. The van der Waals surface area contributed by atoms with Gasteiger partial charge in [-0.25, -0.2) is 0 Å². The number of nitrogens with one attached hydrogen (secondary N) is 1. The Labute approximate surface area is 92.7 Å². The Morgan fingerprint density at radius 2 is 2.13 bits per heavy atom. The number of likely N-dealkylation sites (N-methyl/N-ethyl adjacent to an activating group) is 1. The van der Waals surface area contributed by atoms with Gasteiger partial charge in [-0.1, -0.05) is 20.8 Å². The highest BCUT2D eigenvalue weighted by Crippen LogP contribution is 1.96. The molecule has 0 aromatic heterocycles. The van der Waals surface area contributed by atoms with E-state index >= 15 is 0 Å². The minimum atomic E-state index is 0.0472. The molecule has 1 amide bonds. The van der Waals surface area contributed by atoms with Gasteiger partial charge >= 0.3 is 0 Å². The second-order valence-corrected chi connectivity index (χ2v) is 4.12. The average molecular weight is 216 g/mol. The molecular formula is C11H24N2O2. The van der Waals surface area contributed by atoms with E-state index in [1.165, 1.54) is 0 Å². The predicted octanol–water partition coefficient (Wildman–Crippen LogP) is 0.463. The van der Waals surface area contributed by atoms with Gasteiger partial charge in [0.05, 0.1) is 13.2 Å². The second kappa shape index (κ2) is 8.68. The van der Waals surface area contributed by atoms with Crippen molar-refractivity contribution in [2.24, 2.45) is 5.92 Å². The van der Waals surface area contributed by atoms with E-state index in [9.17, 15) is 4.79 Å². The molecule has 2 N–H and O–H groups in total. The predicted molar refractivity (Wildman–Crippen MR) is 61.7 cm³/mol. The summed E-state index contributed by atoms with van der Waals surface area (Å²) in [6.45, 7) is 8.84. The highest BCUT2D eigenvalue weighted by Gasteiger charge is 2.07. The topological polar surface area (TPSA) is 52.6 Å². The average Bonchev–Trinajstić information content (AvgIpc) is 2.16. The SMILES string of the molecule is CCN(CCO)CC(=O)NCCC(C)C. The highest BCUT2D eigenvalue weighted by molar-refractivity contribution is 5.77. The van der Waals surface area contributed by atoms with E-state index in [2.05, 4.69) is 19.2 Å². The lowest BCUT2D eigenvalue weighted by molar-refractivity contribution is -0.122. The van der Waals surface area contributed by atoms with Gasteiger partial charge in [-0.15, -0.1) is 0 Å². The normalized spacial score (nSPS) is 11.1. The Kier molecular flexibility index (Phi) is 8.33. The van der Waals surface area contributed by atoms with Crippen molar-refractivity contribution in [2.75, 3.05) is 32.8 Å². The summed E-state index contributed by atoms with van der Waals surface area (Å²) in [5.74, 6) is 0.663. The molecule has 0 saturated heterocycles. The van der Waals surface area contributed by atoms with Gasteiger partial charge in [0.2, 0.25) is 5.91 Å². The first kappa shape index (κ1) is 14.4. The standard InChI is InChI=1S/C11H24N2O2/c1-4-13(7-8-14)9-11(15)12-6-5-10(2)3/h10,14H,4-9H2,1-3H3,(H,12,15). The maximum absolute atomic E-state index is 11.4. The molecule has 15 heavy (non-hydrogen) atoms. The Balaban J connectivity index is 3.61. The maximum Gasteiger partial charge on any atom is 0.234 e. The van der Waals surface area contributed by atoms with E-state index in [1.54, 1.807) is 0 Å². The fourth-order valence-corrected chi connectivity index (χ4v) is 1.25. The molecule has 4 nitrogen and oxygen atoms in total. The third-order valence-corrected chi connectivity index (χ3v) is 2.27. The summed E-state index contributed by atoms with van der Waals surface area (Å²) in [5, 5.41) is 11.6. The molecule has 0 unspecified atom stereocenters. The monoisotopic (exact) mass is 216 g/mol. The molecule has 0 aliphatic rings. The van der Waals surface area contributed by atoms with Crippen molar-refractivity contribution in [3.63, 3.8) is 0 Å². The van der Waals surface area contributed by atoms with Gasteiger partial charge in [-0.05, 0) is 18.9 Å². The summed E-state index contributed by atoms with van der Waals surface area (Å²) in [7, 11) is 0. The Hall–Kier alpha value is -0.610. The van der Waals surface area contributed by atoms with E-state index in [4.69, 9.17) is 5.11 Å². The van der Waals surface area contributed by atoms with Crippen LogP contribution in [0.1, 0.15) is 27.2 Å². The summed E-state index contributed by atoms with van der Waals surface area (Å²) in [6.07, 6.45) is 1.01. The van der Waals surface area contributed by atoms with Crippen LogP contribution < -0.4 is 5.32 Å². The van der Waals surface area contributed by atoms with Crippen LogP contribution in [0.25, 0.3) is 0 Å². The lowest BCUT2D eigenvalue weighted by atomic mass is 10.1. The molecular weight excluding hydrogens is 192 g/mol. The number of hydrogen-bond acceptors (Lipinski definition) is 3. The number of amides is 1. The number of nitrogens with zero attached hydrogens (tertiary/aromatic N) is 1. The highest BCUT2D eigenvalue weighted by atomic mass is 16.3. The van der Waals surface area contributed by atoms with Crippen LogP contribution in [0.15, 0.2) is 0 Å². The molecule has 0 atom stereocenters. The molecule has 0 spiro atoms. The minimum Gasteiger partial charge on any atom is -0.395 e. The second-order valence-electron chi connectivity index (χ2n) is 4.12. The van der Waals surface area contributed by atoms with Crippen molar-refractivity contribution in [2.45, 2.75) is 27.2 Å². The van der Waals surface area contributed by atoms with Gasteiger partial charge in [-0.3, -0.25) is 9.69 Å². The first-order chi connectivity index (χ1) is 7.10. The molecule has 0 heterocycles. The number of carbonyl (C=O) groups is 1. The van der Waals surface area contributed by atoms with Crippen LogP contribution in [-0.4, -0.2) is 48.7 Å². The molecule has 0 aliphatic heterocycles. The zero-order valence-corrected chi connectivity index (χ0v) is 10.1. The molecule has 0 rings (SSSR count). The minimum absolute atomic E-state index is 0.0472. The molecule has 0 bridgehead atoms. The first-order valence-electron chi connectivity index (χ1n) is 5.70. The van der Waals surface area contributed by atoms with Crippen molar-refractivity contribution < 1.29 is 9.90 Å². The first-order valence-corrected chi connectivity index (χ1v) is 5.70. The largest absolute Gasteiger partial charge is 0.395 e. The third-order valence-electron chi connectivity index (χ3n) is 2.27. The summed E-state index contributed by atoms with van der Waals surface area (Å²) >= 11 is 0. The number of aliphatic hydroxyl groups excluding tert-OH is 1. The van der Waals surface area contributed by atoms with Crippen molar-refractivity contribution in [3.05, 3.63) is 0 Å². The maximum atomic E-state index is 11.4. The summed E-state index contributed by atoms with van der Waals surface area (Å²) in [5.41, 5.74) is 0. The van der Waals surface area contributed by atoms with Gasteiger partial charge in [0.15, 0.2) is 0 Å². The number of aliphatic hydroxyl groups is 1. The molecule has 0 fully saturated rings. The third kappa shape index (κ3) is 8.39. The van der Waals surface area contributed by atoms with Crippen LogP contribution in [-0.2, 0) is 4.79 Å². The van der Waals surface area contributed by atoms with E-state index in [0.29, 0.717) is 19.0 Å². The van der Waals surface area contributed by atoms with Crippen LogP contribution in [0, 0.1) is 5.92 Å². The smallest absolute Gasteiger partial charge is 0.234 e. The Morgan fingerprint density at radius 3 is 2.60 bits per heavy atom. The van der Waals surface area contributed by atoms with Crippen molar-refractivity contribution >= 4 is 5.91 Å². The lowest BCUT2D eigenvalue weighted by Crippen LogP contribution is -2.39. The summed E-state index contributed by atoms with van der Waals surface area (Å²) < 4.78 is 0. The Morgan fingerprint density at radius 1 is 1.47 bits per heavy atom.